The normalized spacial score (nSPS) is 12.2. The number of rotatable bonds is 6. The van der Waals surface area contributed by atoms with Crippen LogP contribution in [0, 0.1) is 5.92 Å². The number of nitrogens with two attached hydrogens (primary N) is 1. The second-order valence-corrected chi connectivity index (χ2v) is 3.27. The Morgan fingerprint density at radius 2 is 2.31 bits per heavy atom. The molecular formula is C10H20N2O. The van der Waals surface area contributed by atoms with Crippen LogP contribution in [0.5, 0.6) is 0 Å². The molecule has 3 heteroatoms. The molecule has 3 nitrogen and oxygen atoms in total. The quantitative estimate of drug-likeness (QED) is 0.626. The second kappa shape index (κ2) is 6.66. The van der Waals surface area contributed by atoms with Crippen molar-refractivity contribution in [1.82, 2.24) is 4.90 Å². The first-order chi connectivity index (χ1) is 6.15. The highest BCUT2D eigenvalue weighted by Gasteiger charge is 2.12. The molecular weight excluding hydrogens is 164 g/mol. The lowest BCUT2D eigenvalue weighted by atomic mass is 10.1. The third-order valence-electron chi connectivity index (χ3n) is 2.01. The lowest BCUT2D eigenvalue weighted by Crippen LogP contribution is -2.32. The minimum absolute atomic E-state index is 0.167. The van der Waals surface area contributed by atoms with E-state index >= 15 is 0 Å². The smallest absolute Gasteiger partial charge is 0.223 e. The van der Waals surface area contributed by atoms with Crippen molar-refractivity contribution in [3.63, 3.8) is 0 Å². The van der Waals surface area contributed by atoms with E-state index in [4.69, 9.17) is 5.73 Å². The zero-order valence-corrected chi connectivity index (χ0v) is 8.62. The molecule has 1 atom stereocenters. The molecule has 0 rings (SSSR count). The lowest BCUT2D eigenvalue weighted by molar-refractivity contribution is -0.131. The molecule has 0 aliphatic heterocycles. The van der Waals surface area contributed by atoms with E-state index in [1.807, 2.05) is 13.8 Å². The summed E-state index contributed by atoms with van der Waals surface area (Å²) in [6.07, 6.45) is 2.28. The molecule has 0 spiro atoms. The van der Waals surface area contributed by atoms with Gasteiger partial charge in [0.2, 0.25) is 5.91 Å². The SMILES string of the molecule is C=CCN(CC)C(=O)CC(C)CN. The van der Waals surface area contributed by atoms with Gasteiger partial charge in [-0.15, -0.1) is 6.58 Å². The van der Waals surface area contributed by atoms with Crippen molar-refractivity contribution in [2.75, 3.05) is 19.6 Å². The van der Waals surface area contributed by atoms with Crippen LogP contribution in [0.4, 0.5) is 0 Å². The van der Waals surface area contributed by atoms with Gasteiger partial charge < -0.3 is 10.6 Å². The molecule has 0 aliphatic rings. The van der Waals surface area contributed by atoms with Crippen LogP contribution in [-0.4, -0.2) is 30.4 Å². The monoisotopic (exact) mass is 184 g/mol. The molecule has 0 bridgehead atoms. The predicted octanol–water partition coefficient (Wildman–Crippen LogP) is 1.01. The number of likely N-dealkylation sites (N-methyl/N-ethyl adjacent to an activating group) is 1. The maximum atomic E-state index is 11.6. The molecule has 1 unspecified atom stereocenters. The molecule has 0 radical (unpaired) electrons. The van der Waals surface area contributed by atoms with Crippen LogP contribution < -0.4 is 5.73 Å². The molecule has 2 N–H and O–H groups in total. The van der Waals surface area contributed by atoms with Gasteiger partial charge in [-0.05, 0) is 19.4 Å². The van der Waals surface area contributed by atoms with Gasteiger partial charge in [0.15, 0.2) is 0 Å². The Morgan fingerprint density at radius 3 is 2.69 bits per heavy atom. The minimum Gasteiger partial charge on any atom is -0.339 e. The number of nitrogens with zero attached hydrogens (tertiary/aromatic N) is 1. The van der Waals surface area contributed by atoms with Gasteiger partial charge in [0.05, 0.1) is 0 Å². The van der Waals surface area contributed by atoms with Gasteiger partial charge in [-0.25, -0.2) is 0 Å². The summed E-state index contributed by atoms with van der Waals surface area (Å²) in [5.41, 5.74) is 5.44. The molecule has 0 heterocycles. The van der Waals surface area contributed by atoms with Crippen LogP contribution >= 0.6 is 0 Å². The molecule has 76 valence electrons. The van der Waals surface area contributed by atoms with E-state index in [0.717, 1.165) is 6.54 Å². The average molecular weight is 184 g/mol. The van der Waals surface area contributed by atoms with Gasteiger partial charge in [-0.1, -0.05) is 13.0 Å². The van der Waals surface area contributed by atoms with Crippen LogP contribution in [-0.2, 0) is 4.79 Å². The van der Waals surface area contributed by atoms with Crippen molar-refractivity contribution < 1.29 is 4.79 Å². The van der Waals surface area contributed by atoms with Gasteiger partial charge >= 0.3 is 0 Å². The second-order valence-electron chi connectivity index (χ2n) is 3.27. The standard InChI is InChI=1S/C10H20N2O/c1-4-6-12(5-2)10(13)7-9(3)8-11/h4,9H,1,5-8,11H2,2-3H3. The molecule has 0 aromatic rings. The summed E-state index contributed by atoms with van der Waals surface area (Å²) in [4.78, 5) is 13.3. The molecule has 0 aromatic carbocycles. The molecule has 0 saturated heterocycles. The van der Waals surface area contributed by atoms with Crippen molar-refractivity contribution in [2.24, 2.45) is 11.7 Å². The zero-order valence-electron chi connectivity index (χ0n) is 8.62. The third-order valence-corrected chi connectivity index (χ3v) is 2.01. The topological polar surface area (TPSA) is 46.3 Å². The minimum atomic E-state index is 0.167. The fourth-order valence-electron chi connectivity index (χ4n) is 1.07. The van der Waals surface area contributed by atoms with Gasteiger partial charge in [-0.3, -0.25) is 4.79 Å². The van der Waals surface area contributed by atoms with E-state index in [1.54, 1.807) is 11.0 Å². The molecule has 0 saturated carbocycles. The fraction of sp³-hybridized carbons (Fsp3) is 0.700. The molecule has 0 aromatic heterocycles. The molecule has 13 heavy (non-hydrogen) atoms. The van der Waals surface area contributed by atoms with Crippen LogP contribution in [0.3, 0.4) is 0 Å². The predicted molar refractivity (Wildman–Crippen MR) is 55.3 cm³/mol. The number of carbonyl (C=O) groups excluding carboxylic acids is 1. The van der Waals surface area contributed by atoms with E-state index in [-0.39, 0.29) is 11.8 Å². The Labute approximate surface area is 80.6 Å². The number of carbonyl (C=O) groups is 1. The summed E-state index contributed by atoms with van der Waals surface area (Å²) in [5, 5.41) is 0. The number of amides is 1. The Balaban J connectivity index is 3.97. The summed E-state index contributed by atoms with van der Waals surface area (Å²) in [5.74, 6) is 0.437. The molecule has 0 fully saturated rings. The Morgan fingerprint density at radius 1 is 1.69 bits per heavy atom. The maximum Gasteiger partial charge on any atom is 0.223 e. The Hall–Kier alpha value is -0.830. The highest BCUT2D eigenvalue weighted by atomic mass is 16.2. The van der Waals surface area contributed by atoms with Gasteiger partial charge in [0.1, 0.15) is 0 Å². The van der Waals surface area contributed by atoms with Crippen LogP contribution in [0.15, 0.2) is 12.7 Å². The summed E-state index contributed by atoms with van der Waals surface area (Å²) in [6.45, 7) is 9.50. The first kappa shape index (κ1) is 12.2. The van der Waals surface area contributed by atoms with Gasteiger partial charge in [0.25, 0.3) is 0 Å². The van der Waals surface area contributed by atoms with E-state index in [9.17, 15) is 4.79 Å². The van der Waals surface area contributed by atoms with E-state index < -0.39 is 0 Å². The third kappa shape index (κ3) is 4.68. The first-order valence-electron chi connectivity index (χ1n) is 4.74. The van der Waals surface area contributed by atoms with Crippen molar-refractivity contribution in [3.8, 4) is 0 Å². The van der Waals surface area contributed by atoms with Crippen molar-refractivity contribution in [1.29, 1.82) is 0 Å². The first-order valence-corrected chi connectivity index (χ1v) is 4.74. The number of hydrogen-bond acceptors (Lipinski definition) is 2. The fourth-order valence-corrected chi connectivity index (χ4v) is 1.07. The van der Waals surface area contributed by atoms with Crippen LogP contribution in [0.2, 0.25) is 0 Å². The van der Waals surface area contributed by atoms with E-state index in [2.05, 4.69) is 6.58 Å². The summed E-state index contributed by atoms with van der Waals surface area (Å²) in [6, 6.07) is 0. The lowest BCUT2D eigenvalue weighted by Gasteiger charge is -2.20. The summed E-state index contributed by atoms with van der Waals surface area (Å²) < 4.78 is 0. The number of hydrogen-bond donors (Lipinski definition) is 1. The summed E-state index contributed by atoms with van der Waals surface area (Å²) in [7, 11) is 0. The Kier molecular flexibility index (Phi) is 6.24. The maximum absolute atomic E-state index is 11.6. The highest BCUT2D eigenvalue weighted by molar-refractivity contribution is 5.76. The van der Waals surface area contributed by atoms with Gasteiger partial charge in [-0.2, -0.15) is 0 Å². The largest absolute Gasteiger partial charge is 0.339 e. The van der Waals surface area contributed by atoms with E-state index in [1.165, 1.54) is 0 Å². The van der Waals surface area contributed by atoms with Crippen LogP contribution in [0.25, 0.3) is 0 Å². The van der Waals surface area contributed by atoms with Crippen LogP contribution in [0.1, 0.15) is 20.3 Å². The molecule has 0 aliphatic carbocycles. The van der Waals surface area contributed by atoms with Gasteiger partial charge in [0, 0.05) is 19.5 Å². The Bertz CT molecular complexity index is 168. The van der Waals surface area contributed by atoms with Crippen molar-refractivity contribution in [3.05, 3.63) is 12.7 Å². The molecule has 1 amide bonds. The van der Waals surface area contributed by atoms with Crippen molar-refractivity contribution in [2.45, 2.75) is 20.3 Å². The van der Waals surface area contributed by atoms with E-state index in [0.29, 0.717) is 19.5 Å². The average Bonchev–Trinajstić information content (AvgIpc) is 2.13. The highest BCUT2D eigenvalue weighted by Crippen LogP contribution is 2.03. The zero-order chi connectivity index (χ0) is 10.3. The van der Waals surface area contributed by atoms with Crippen molar-refractivity contribution >= 4 is 5.91 Å². The summed E-state index contributed by atoms with van der Waals surface area (Å²) >= 11 is 0.